The lowest BCUT2D eigenvalue weighted by atomic mass is 9.95. The van der Waals surface area contributed by atoms with Gasteiger partial charge in [-0.25, -0.2) is 0 Å². The Hall–Kier alpha value is -3.07. The molecule has 0 aromatic heterocycles. The first-order chi connectivity index (χ1) is 16.3. The molecule has 0 spiro atoms. The number of rotatable bonds is 5. The van der Waals surface area contributed by atoms with E-state index in [1.807, 2.05) is 18.2 Å². The minimum atomic E-state index is -4.43. The van der Waals surface area contributed by atoms with Crippen LogP contribution in [0.2, 0.25) is 0 Å². The van der Waals surface area contributed by atoms with E-state index in [9.17, 15) is 22.8 Å². The van der Waals surface area contributed by atoms with Gasteiger partial charge in [-0.05, 0) is 48.7 Å². The summed E-state index contributed by atoms with van der Waals surface area (Å²) in [6.45, 7) is 4.21. The van der Waals surface area contributed by atoms with Crippen molar-refractivity contribution in [2.75, 3.05) is 44.3 Å². The van der Waals surface area contributed by atoms with Gasteiger partial charge in [-0.15, -0.1) is 0 Å². The monoisotopic (exact) mass is 475 g/mol. The molecule has 34 heavy (non-hydrogen) atoms. The smallest absolute Gasteiger partial charge is 0.378 e. The Balaban J connectivity index is 1.28. The van der Waals surface area contributed by atoms with Crippen LogP contribution in [0.4, 0.5) is 18.9 Å². The van der Waals surface area contributed by atoms with Crippen molar-refractivity contribution >= 4 is 17.5 Å². The standard InChI is InChI=1S/C25H28F3N3O3/c26-25(27,28)21-7-5-19(6-8-21)24(33)31-11-9-18(10-12-31)23(32)29-17-20-3-1-2-4-22(20)30-13-15-34-16-14-30/h1-8,18H,9-17H2,(H,29,32). The summed E-state index contributed by atoms with van der Waals surface area (Å²) in [5, 5.41) is 3.04. The van der Waals surface area contributed by atoms with Crippen LogP contribution in [-0.4, -0.2) is 56.1 Å². The highest BCUT2D eigenvalue weighted by Gasteiger charge is 2.31. The predicted octanol–water partition coefficient (Wildman–Crippen LogP) is 3.71. The normalized spacial score (nSPS) is 17.5. The summed E-state index contributed by atoms with van der Waals surface area (Å²) < 4.78 is 43.7. The molecule has 2 fully saturated rings. The number of nitrogens with zero attached hydrogens (tertiary/aromatic N) is 2. The lowest BCUT2D eigenvalue weighted by molar-refractivity contribution is -0.137. The van der Waals surface area contributed by atoms with Crippen molar-refractivity contribution < 1.29 is 27.5 Å². The van der Waals surface area contributed by atoms with Crippen LogP contribution in [0, 0.1) is 5.92 Å². The molecule has 0 bridgehead atoms. The van der Waals surface area contributed by atoms with Gasteiger partial charge in [0.05, 0.1) is 18.8 Å². The first kappa shape index (κ1) is 24.1. The third-order valence-corrected chi connectivity index (χ3v) is 6.41. The molecule has 2 amide bonds. The molecule has 4 rings (SSSR count). The Labute approximate surface area is 196 Å². The Bertz CT molecular complexity index is 996. The van der Waals surface area contributed by atoms with Gasteiger partial charge >= 0.3 is 6.18 Å². The molecule has 0 aliphatic carbocycles. The molecule has 2 heterocycles. The predicted molar refractivity (Wildman–Crippen MR) is 121 cm³/mol. The lowest BCUT2D eigenvalue weighted by Gasteiger charge is -2.32. The molecule has 6 nitrogen and oxygen atoms in total. The zero-order valence-electron chi connectivity index (χ0n) is 18.8. The van der Waals surface area contributed by atoms with Crippen molar-refractivity contribution in [1.29, 1.82) is 0 Å². The Kier molecular flexibility index (Phi) is 7.41. The van der Waals surface area contributed by atoms with Gasteiger partial charge < -0.3 is 19.9 Å². The first-order valence-electron chi connectivity index (χ1n) is 11.5. The number of halogens is 3. The Morgan fingerprint density at radius 2 is 1.59 bits per heavy atom. The number of hydrogen-bond acceptors (Lipinski definition) is 4. The number of benzene rings is 2. The highest BCUT2D eigenvalue weighted by atomic mass is 19.4. The number of para-hydroxylation sites is 1. The summed E-state index contributed by atoms with van der Waals surface area (Å²) in [5.41, 5.74) is 1.58. The summed E-state index contributed by atoms with van der Waals surface area (Å²) in [7, 11) is 0. The van der Waals surface area contributed by atoms with Crippen molar-refractivity contribution in [3.8, 4) is 0 Å². The molecule has 0 saturated carbocycles. The van der Waals surface area contributed by atoms with E-state index in [2.05, 4.69) is 16.3 Å². The molecule has 182 valence electrons. The molecule has 0 atom stereocenters. The summed E-state index contributed by atoms with van der Waals surface area (Å²) in [6.07, 6.45) is -3.40. The van der Waals surface area contributed by atoms with E-state index in [1.54, 1.807) is 4.90 Å². The van der Waals surface area contributed by atoms with Gasteiger partial charge in [0.2, 0.25) is 5.91 Å². The van der Waals surface area contributed by atoms with Gasteiger partial charge in [0.25, 0.3) is 5.91 Å². The molecular formula is C25H28F3N3O3. The SMILES string of the molecule is O=C(NCc1ccccc1N1CCOCC1)C1CCN(C(=O)c2ccc(C(F)(F)F)cc2)CC1. The number of nitrogens with one attached hydrogen (secondary N) is 1. The first-order valence-corrected chi connectivity index (χ1v) is 11.5. The maximum Gasteiger partial charge on any atom is 0.416 e. The molecular weight excluding hydrogens is 447 g/mol. The fourth-order valence-electron chi connectivity index (χ4n) is 4.43. The molecule has 2 aromatic rings. The molecule has 9 heteroatoms. The third kappa shape index (κ3) is 5.70. The molecule has 1 N–H and O–H groups in total. The van der Waals surface area contributed by atoms with Gasteiger partial charge in [0.15, 0.2) is 0 Å². The molecule has 2 saturated heterocycles. The quantitative estimate of drug-likeness (QED) is 0.716. The van der Waals surface area contributed by atoms with Gasteiger partial charge in [-0.3, -0.25) is 9.59 Å². The number of piperidine rings is 1. The van der Waals surface area contributed by atoms with E-state index in [-0.39, 0.29) is 23.3 Å². The fourth-order valence-corrected chi connectivity index (χ4v) is 4.43. The van der Waals surface area contributed by atoms with Crippen molar-refractivity contribution in [1.82, 2.24) is 10.2 Å². The van der Waals surface area contributed by atoms with Crippen LogP contribution in [-0.2, 0) is 22.3 Å². The average molecular weight is 476 g/mol. The molecule has 0 radical (unpaired) electrons. The molecule has 2 aromatic carbocycles. The minimum absolute atomic E-state index is 0.0431. The molecule has 2 aliphatic rings. The number of ether oxygens (including phenoxy) is 1. The highest BCUT2D eigenvalue weighted by molar-refractivity contribution is 5.94. The number of amides is 2. The number of carbonyl (C=O) groups excluding carboxylic acids is 2. The lowest BCUT2D eigenvalue weighted by Crippen LogP contribution is -2.43. The summed E-state index contributed by atoms with van der Waals surface area (Å²) in [6, 6.07) is 12.3. The van der Waals surface area contributed by atoms with Crippen molar-refractivity contribution in [3.63, 3.8) is 0 Å². The number of carbonyl (C=O) groups is 2. The number of hydrogen-bond donors (Lipinski definition) is 1. The maximum absolute atomic E-state index is 12.8. The van der Waals surface area contributed by atoms with Crippen LogP contribution in [0.1, 0.15) is 34.3 Å². The number of alkyl halides is 3. The van der Waals surface area contributed by atoms with E-state index >= 15 is 0 Å². The third-order valence-electron chi connectivity index (χ3n) is 6.41. The summed E-state index contributed by atoms with van der Waals surface area (Å²) in [4.78, 5) is 29.3. The van der Waals surface area contributed by atoms with E-state index in [0.29, 0.717) is 45.7 Å². The van der Waals surface area contributed by atoms with Gasteiger partial charge in [0, 0.05) is 49.9 Å². The Morgan fingerprint density at radius 1 is 0.941 bits per heavy atom. The van der Waals surface area contributed by atoms with E-state index in [4.69, 9.17) is 4.74 Å². The highest BCUT2D eigenvalue weighted by Crippen LogP contribution is 2.29. The second kappa shape index (κ2) is 10.5. The van der Waals surface area contributed by atoms with Crippen LogP contribution in [0.5, 0.6) is 0 Å². The second-order valence-electron chi connectivity index (χ2n) is 8.59. The summed E-state index contributed by atoms with van der Waals surface area (Å²) in [5.74, 6) is -0.558. The topological polar surface area (TPSA) is 61.9 Å². The van der Waals surface area contributed by atoms with Gasteiger partial charge in [0.1, 0.15) is 0 Å². The van der Waals surface area contributed by atoms with Crippen molar-refractivity contribution in [2.24, 2.45) is 5.92 Å². The van der Waals surface area contributed by atoms with Crippen molar-refractivity contribution in [2.45, 2.75) is 25.6 Å². The zero-order chi connectivity index (χ0) is 24.1. The maximum atomic E-state index is 12.8. The number of anilines is 1. The Morgan fingerprint density at radius 3 is 2.24 bits per heavy atom. The zero-order valence-corrected chi connectivity index (χ0v) is 18.8. The second-order valence-corrected chi connectivity index (χ2v) is 8.59. The molecule has 2 aliphatic heterocycles. The van der Waals surface area contributed by atoms with Gasteiger partial charge in [-0.2, -0.15) is 13.2 Å². The van der Waals surface area contributed by atoms with Gasteiger partial charge in [-0.1, -0.05) is 18.2 Å². The van der Waals surface area contributed by atoms with Crippen molar-refractivity contribution in [3.05, 3.63) is 65.2 Å². The van der Waals surface area contributed by atoms with E-state index < -0.39 is 11.7 Å². The number of likely N-dealkylation sites (tertiary alicyclic amines) is 1. The van der Waals surface area contributed by atoms with Crippen LogP contribution in [0.25, 0.3) is 0 Å². The van der Waals surface area contributed by atoms with Crippen LogP contribution in [0.3, 0.4) is 0 Å². The molecule has 0 unspecified atom stereocenters. The fraction of sp³-hybridized carbons (Fsp3) is 0.440. The minimum Gasteiger partial charge on any atom is -0.378 e. The number of morpholine rings is 1. The van der Waals surface area contributed by atoms with Crippen LogP contribution >= 0.6 is 0 Å². The summed E-state index contributed by atoms with van der Waals surface area (Å²) >= 11 is 0. The van der Waals surface area contributed by atoms with E-state index in [1.165, 1.54) is 12.1 Å². The van der Waals surface area contributed by atoms with Crippen LogP contribution < -0.4 is 10.2 Å². The van der Waals surface area contributed by atoms with Crippen LogP contribution in [0.15, 0.2) is 48.5 Å². The average Bonchev–Trinajstić information content (AvgIpc) is 2.87. The largest absolute Gasteiger partial charge is 0.416 e. The van der Waals surface area contributed by atoms with E-state index in [0.717, 1.165) is 36.5 Å².